The first kappa shape index (κ1) is 17.8. The number of unbranched alkanes of at least 4 members (excludes halogenated alkanes) is 2. The Kier molecular flexibility index (Phi) is 7.36. The van der Waals surface area contributed by atoms with Crippen LogP contribution in [-0.2, 0) is 13.6 Å². The van der Waals surface area contributed by atoms with Crippen molar-refractivity contribution in [3.8, 4) is 0 Å². The van der Waals surface area contributed by atoms with E-state index in [1.165, 1.54) is 51.4 Å². The molecule has 0 atom stereocenters. The molecule has 2 N–H and O–H groups in total. The van der Waals surface area contributed by atoms with Crippen molar-refractivity contribution in [1.82, 2.24) is 25.4 Å². The van der Waals surface area contributed by atoms with Crippen molar-refractivity contribution in [3.63, 3.8) is 0 Å². The molecule has 1 saturated carbocycles. The zero-order valence-electron chi connectivity index (χ0n) is 14.9. The zero-order valence-corrected chi connectivity index (χ0v) is 14.9. The minimum absolute atomic E-state index is 0.558. The van der Waals surface area contributed by atoms with Gasteiger partial charge in [0.05, 0.1) is 0 Å². The summed E-state index contributed by atoms with van der Waals surface area (Å²) in [5, 5.41) is 15.4. The average Bonchev–Trinajstić information content (AvgIpc) is 2.89. The van der Waals surface area contributed by atoms with E-state index in [0.717, 1.165) is 24.2 Å². The summed E-state index contributed by atoms with van der Waals surface area (Å²) in [6, 6.07) is 0.558. The molecule has 23 heavy (non-hydrogen) atoms. The molecule has 0 aromatic carbocycles. The Labute approximate surface area is 140 Å². The van der Waals surface area contributed by atoms with E-state index in [1.54, 1.807) is 0 Å². The fourth-order valence-corrected chi connectivity index (χ4v) is 2.91. The van der Waals surface area contributed by atoms with Gasteiger partial charge < -0.3 is 15.2 Å². The fourth-order valence-electron chi connectivity index (χ4n) is 2.91. The molecule has 1 fully saturated rings. The van der Waals surface area contributed by atoms with Gasteiger partial charge in [-0.25, -0.2) is 4.99 Å². The third-order valence-electron chi connectivity index (χ3n) is 4.58. The predicted molar refractivity (Wildman–Crippen MR) is 94.4 cm³/mol. The van der Waals surface area contributed by atoms with Crippen molar-refractivity contribution in [2.75, 3.05) is 6.54 Å². The third kappa shape index (κ3) is 5.84. The highest BCUT2D eigenvalue weighted by Crippen LogP contribution is 2.17. The largest absolute Gasteiger partial charge is 0.356 e. The summed E-state index contributed by atoms with van der Waals surface area (Å²) in [5.41, 5.74) is 0. The van der Waals surface area contributed by atoms with Crippen molar-refractivity contribution in [1.29, 1.82) is 0 Å². The van der Waals surface area contributed by atoms with Crippen LogP contribution >= 0.6 is 0 Å². The van der Waals surface area contributed by atoms with Crippen molar-refractivity contribution >= 4 is 5.96 Å². The highest BCUT2D eigenvalue weighted by molar-refractivity contribution is 5.80. The van der Waals surface area contributed by atoms with Crippen LogP contribution in [0.15, 0.2) is 4.99 Å². The molecule has 130 valence electrons. The molecule has 1 aliphatic carbocycles. The summed E-state index contributed by atoms with van der Waals surface area (Å²) in [7, 11) is 1.99. The minimum atomic E-state index is 0.558. The lowest BCUT2D eigenvalue weighted by Crippen LogP contribution is -2.44. The van der Waals surface area contributed by atoms with Crippen LogP contribution in [0.5, 0.6) is 0 Å². The van der Waals surface area contributed by atoms with Crippen molar-refractivity contribution in [2.45, 2.75) is 77.8 Å². The van der Waals surface area contributed by atoms with Gasteiger partial charge in [-0.2, -0.15) is 0 Å². The van der Waals surface area contributed by atoms with E-state index < -0.39 is 0 Å². The van der Waals surface area contributed by atoms with Crippen molar-refractivity contribution < 1.29 is 0 Å². The molecular formula is C17H32N6. The van der Waals surface area contributed by atoms with E-state index in [9.17, 15) is 0 Å². The van der Waals surface area contributed by atoms with Crippen LogP contribution in [-0.4, -0.2) is 33.3 Å². The predicted octanol–water partition coefficient (Wildman–Crippen LogP) is 2.68. The Morgan fingerprint density at radius 3 is 2.65 bits per heavy atom. The highest BCUT2D eigenvalue weighted by Gasteiger charge is 2.14. The Hall–Kier alpha value is -1.59. The Balaban J connectivity index is 1.92. The minimum Gasteiger partial charge on any atom is -0.356 e. The monoisotopic (exact) mass is 320 g/mol. The maximum absolute atomic E-state index is 4.73. The second-order valence-electron chi connectivity index (χ2n) is 6.50. The molecule has 6 nitrogen and oxygen atoms in total. The molecule has 0 aliphatic heterocycles. The molecule has 0 amide bonds. The maximum atomic E-state index is 4.73. The number of rotatable bonds is 7. The van der Waals surface area contributed by atoms with Crippen LogP contribution in [0.3, 0.4) is 0 Å². The van der Waals surface area contributed by atoms with E-state index in [-0.39, 0.29) is 0 Å². The smallest absolute Gasteiger partial charge is 0.191 e. The summed E-state index contributed by atoms with van der Waals surface area (Å²) in [6.45, 7) is 5.73. The molecule has 1 aromatic rings. The van der Waals surface area contributed by atoms with E-state index in [1.807, 2.05) is 18.5 Å². The summed E-state index contributed by atoms with van der Waals surface area (Å²) < 4.78 is 2.00. The average molecular weight is 320 g/mol. The number of nitrogens with one attached hydrogen (secondary N) is 2. The van der Waals surface area contributed by atoms with Gasteiger partial charge in [0.25, 0.3) is 0 Å². The molecule has 0 spiro atoms. The van der Waals surface area contributed by atoms with Gasteiger partial charge in [0.15, 0.2) is 11.8 Å². The van der Waals surface area contributed by atoms with Crippen molar-refractivity contribution in [2.24, 2.45) is 12.0 Å². The van der Waals surface area contributed by atoms with E-state index in [2.05, 4.69) is 27.8 Å². The van der Waals surface area contributed by atoms with Gasteiger partial charge in [-0.1, -0.05) is 39.0 Å². The molecule has 0 radical (unpaired) electrons. The van der Waals surface area contributed by atoms with Crippen molar-refractivity contribution in [3.05, 3.63) is 11.6 Å². The van der Waals surface area contributed by atoms with Gasteiger partial charge in [-0.05, 0) is 26.2 Å². The van der Waals surface area contributed by atoms with Gasteiger partial charge in [-0.15, -0.1) is 10.2 Å². The molecular weight excluding hydrogens is 288 g/mol. The second kappa shape index (κ2) is 9.53. The number of aromatic nitrogens is 3. The Bertz CT molecular complexity index is 487. The molecule has 1 heterocycles. The number of aryl methyl sites for hydroxylation is 1. The summed E-state index contributed by atoms with van der Waals surface area (Å²) >= 11 is 0. The van der Waals surface area contributed by atoms with Crippen LogP contribution < -0.4 is 10.6 Å². The number of aliphatic imine (C=N–C) groups is 1. The molecule has 1 aliphatic rings. The fraction of sp³-hybridized carbons (Fsp3) is 0.824. The number of nitrogens with zero attached hydrogens (tertiary/aromatic N) is 4. The third-order valence-corrected chi connectivity index (χ3v) is 4.58. The van der Waals surface area contributed by atoms with E-state index in [0.29, 0.717) is 12.6 Å². The first-order chi connectivity index (χ1) is 11.2. The normalized spacial score (nSPS) is 16.6. The first-order valence-electron chi connectivity index (χ1n) is 9.10. The molecule has 0 unspecified atom stereocenters. The quantitative estimate of drug-likeness (QED) is 0.460. The lowest BCUT2D eigenvalue weighted by atomic mass is 9.96. The molecule has 6 heteroatoms. The summed E-state index contributed by atoms with van der Waals surface area (Å²) in [6.07, 6.45) is 10.2. The Morgan fingerprint density at radius 1 is 1.22 bits per heavy atom. The Morgan fingerprint density at radius 2 is 2.00 bits per heavy atom. The zero-order chi connectivity index (χ0) is 16.5. The SMILES string of the molecule is CCCCCNC(=NCc1nnc(C)n1C)NC1CCCCC1. The lowest BCUT2D eigenvalue weighted by Gasteiger charge is -2.25. The molecule has 0 bridgehead atoms. The number of guanidine groups is 1. The van der Waals surface area contributed by atoms with E-state index >= 15 is 0 Å². The number of hydrogen-bond acceptors (Lipinski definition) is 3. The van der Waals surface area contributed by atoms with Crippen LogP contribution in [0.25, 0.3) is 0 Å². The van der Waals surface area contributed by atoms with Gasteiger partial charge in [0, 0.05) is 19.6 Å². The van der Waals surface area contributed by atoms with Crippen LogP contribution in [0.4, 0.5) is 0 Å². The van der Waals surface area contributed by atoms with Gasteiger partial charge in [0.1, 0.15) is 12.4 Å². The van der Waals surface area contributed by atoms with Crippen LogP contribution in [0.2, 0.25) is 0 Å². The molecule has 2 rings (SSSR count). The van der Waals surface area contributed by atoms with Crippen LogP contribution in [0, 0.1) is 6.92 Å². The van der Waals surface area contributed by atoms with Gasteiger partial charge >= 0.3 is 0 Å². The van der Waals surface area contributed by atoms with E-state index in [4.69, 9.17) is 4.99 Å². The molecule has 0 saturated heterocycles. The summed E-state index contributed by atoms with van der Waals surface area (Å²) in [4.78, 5) is 4.73. The number of hydrogen-bond donors (Lipinski definition) is 2. The van der Waals surface area contributed by atoms with Gasteiger partial charge in [-0.3, -0.25) is 0 Å². The first-order valence-corrected chi connectivity index (χ1v) is 9.10. The van der Waals surface area contributed by atoms with Crippen LogP contribution in [0.1, 0.15) is 69.9 Å². The summed E-state index contributed by atoms with van der Waals surface area (Å²) in [5.74, 6) is 2.75. The topological polar surface area (TPSA) is 67.1 Å². The molecule has 1 aromatic heterocycles. The highest BCUT2D eigenvalue weighted by atomic mass is 15.3. The standard InChI is InChI=1S/C17H32N6/c1-4-5-9-12-18-17(20-15-10-7-6-8-11-15)19-13-16-22-21-14(2)23(16)3/h15H,4-13H2,1-3H3,(H2,18,19,20). The van der Waals surface area contributed by atoms with Gasteiger partial charge in [0.2, 0.25) is 0 Å². The lowest BCUT2D eigenvalue weighted by molar-refractivity contribution is 0.409. The maximum Gasteiger partial charge on any atom is 0.191 e. The second-order valence-corrected chi connectivity index (χ2v) is 6.50.